The van der Waals surface area contributed by atoms with E-state index < -0.39 is 10.0 Å². The molecule has 2 rings (SSSR count). The van der Waals surface area contributed by atoms with Crippen molar-refractivity contribution >= 4 is 10.0 Å². The molecule has 2 saturated carbocycles. The zero-order valence-electron chi connectivity index (χ0n) is 13.1. The Labute approximate surface area is 124 Å². The summed E-state index contributed by atoms with van der Waals surface area (Å²) in [6.45, 7) is 5.67. The van der Waals surface area contributed by atoms with Gasteiger partial charge in [-0.1, -0.05) is 20.3 Å². The van der Waals surface area contributed by atoms with Gasteiger partial charge in [0.25, 0.3) is 0 Å². The number of rotatable bonds is 8. The minimum Gasteiger partial charge on any atom is -0.314 e. The monoisotopic (exact) mass is 302 g/mol. The Morgan fingerprint density at radius 2 is 2.00 bits per heavy atom. The standard InChI is InChI=1S/C15H30N2O2S/c1-12(2)16-7-4-8-20(18,19)17(3)11-15-10-13-5-6-14(15)9-13/h12-16H,4-11H2,1-3H3. The molecule has 0 aliphatic heterocycles. The molecule has 0 aromatic heterocycles. The third-order valence-corrected chi connectivity index (χ3v) is 6.89. The first kappa shape index (κ1) is 16.2. The summed E-state index contributed by atoms with van der Waals surface area (Å²) in [5.74, 6) is 2.56. The van der Waals surface area contributed by atoms with Crippen molar-refractivity contribution in [1.82, 2.24) is 9.62 Å². The fourth-order valence-electron chi connectivity index (χ4n) is 3.85. The zero-order chi connectivity index (χ0) is 14.8. The number of hydrogen-bond donors (Lipinski definition) is 1. The summed E-state index contributed by atoms with van der Waals surface area (Å²) >= 11 is 0. The molecule has 3 atom stereocenters. The van der Waals surface area contributed by atoms with E-state index in [2.05, 4.69) is 19.2 Å². The molecule has 2 bridgehead atoms. The Balaban J connectivity index is 1.74. The summed E-state index contributed by atoms with van der Waals surface area (Å²) < 4.78 is 26.2. The van der Waals surface area contributed by atoms with Crippen molar-refractivity contribution in [2.75, 3.05) is 25.9 Å². The predicted octanol–water partition coefficient (Wildman–Crippen LogP) is 2.07. The zero-order valence-corrected chi connectivity index (χ0v) is 14.0. The van der Waals surface area contributed by atoms with Crippen molar-refractivity contribution in [3.8, 4) is 0 Å². The van der Waals surface area contributed by atoms with Crippen LogP contribution in [0.3, 0.4) is 0 Å². The normalized spacial score (nSPS) is 29.8. The first-order chi connectivity index (χ1) is 9.38. The lowest BCUT2D eigenvalue weighted by atomic mass is 9.89. The lowest BCUT2D eigenvalue weighted by molar-refractivity contribution is 0.280. The lowest BCUT2D eigenvalue weighted by Crippen LogP contribution is -2.36. The van der Waals surface area contributed by atoms with Crippen molar-refractivity contribution in [2.45, 2.75) is 52.0 Å². The smallest absolute Gasteiger partial charge is 0.213 e. The first-order valence-corrected chi connectivity index (χ1v) is 9.67. The summed E-state index contributed by atoms with van der Waals surface area (Å²) in [4.78, 5) is 0. The lowest BCUT2D eigenvalue weighted by Gasteiger charge is -2.26. The summed E-state index contributed by atoms with van der Waals surface area (Å²) in [6, 6.07) is 0.421. The molecule has 3 unspecified atom stereocenters. The molecule has 0 heterocycles. The SMILES string of the molecule is CC(C)NCCCS(=O)(=O)N(C)CC1CC2CCC1C2. The average molecular weight is 302 g/mol. The van der Waals surface area contributed by atoms with Crippen LogP contribution in [0.1, 0.15) is 46.0 Å². The number of sulfonamides is 1. The number of nitrogens with one attached hydrogen (secondary N) is 1. The van der Waals surface area contributed by atoms with Crippen LogP contribution in [-0.2, 0) is 10.0 Å². The Hall–Kier alpha value is -0.130. The minimum absolute atomic E-state index is 0.268. The van der Waals surface area contributed by atoms with Gasteiger partial charge in [0.05, 0.1) is 5.75 Å². The van der Waals surface area contributed by atoms with Crippen LogP contribution in [0.25, 0.3) is 0 Å². The molecule has 0 amide bonds. The maximum absolute atomic E-state index is 12.3. The maximum Gasteiger partial charge on any atom is 0.213 e. The molecule has 5 heteroatoms. The highest BCUT2D eigenvalue weighted by Gasteiger charge is 2.40. The second kappa shape index (κ2) is 6.75. The van der Waals surface area contributed by atoms with Gasteiger partial charge in [0.1, 0.15) is 0 Å². The van der Waals surface area contributed by atoms with Crippen LogP contribution in [0.2, 0.25) is 0 Å². The quantitative estimate of drug-likeness (QED) is 0.698. The molecule has 0 aromatic rings. The fourth-order valence-corrected chi connectivity index (χ4v) is 5.08. The van der Waals surface area contributed by atoms with E-state index >= 15 is 0 Å². The Bertz CT molecular complexity index is 408. The van der Waals surface area contributed by atoms with Crippen molar-refractivity contribution < 1.29 is 8.42 Å². The first-order valence-electron chi connectivity index (χ1n) is 8.06. The van der Waals surface area contributed by atoms with Crippen LogP contribution >= 0.6 is 0 Å². The Kier molecular flexibility index (Phi) is 5.49. The number of fused-ring (bicyclic) bond motifs is 2. The average Bonchev–Trinajstić information content (AvgIpc) is 2.96. The van der Waals surface area contributed by atoms with E-state index in [1.165, 1.54) is 25.7 Å². The third-order valence-electron chi connectivity index (χ3n) is 4.98. The van der Waals surface area contributed by atoms with Crippen LogP contribution in [0.15, 0.2) is 0 Å². The molecule has 0 aromatic carbocycles. The maximum atomic E-state index is 12.3. The summed E-state index contributed by atoms with van der Waals surface area (Å²) in [7, 11) is -1.31. The van der Waals surface area contributed by atoms with Crippen LogP contribution in [0.4, 0.5) is 0 Å². The second-order valence-corrected chi connectivity index (χ2v) is 9.19. The fraction of sp³-hybridized carbons (Fsp3) is 1.00. The molecule has 4 nitrogen and oxygen atoms in total. The third kappa shape index (κ3) is 4.18. The van der Waals surface area contributed by atoms with Crippen LogP contribution in [-0.4, -0.2) is 44.7 Å². The van der Waals surface area contributed by atoms with Gasteiger partial charge in [0.15, 0.2) is 0 Å². The van der Waals surface area contributed by atoms with Crippen molar-refractivity contribution in [3.05, 3.63) is 0 Å². The van der Waals surface area contributed by atoms with Crippen LogP contribution in [0.5, 0.6) is 0 Å². The van der Waals surface area contributed by atoms with E-state index in [1.807, 2.05) is 0 Å². The summed E-state index contributed by atoms with van der Waals surface area (Å²) in [5, 5.41) is 3.27. The van der Waals surface area contributed by atoms with E-state index in [1.54, 1.807) is 11.4 Å². The predicted molar refractivity (Wildman–Crippen MR) is 83.1 cm³/mol. The molecule has 0 saturated heterocycles. The molecular formula is C15H30N2O2S. The summed E-state index contributed by atoms with van der Waals surface area (Å²) in [6.07, 6.45) is 5.98. The minimum atomic E-state index is -3.07. The van der Waals surface area contributed by atoms with Gasteiger partial charge >= 0.3 is 0 Å². The van der Waals surface area contributed by atoms with Gasteiger partial charge in [0, 0.05) is 19.6 Å². The Morgan fingerprint density at radius 1 is 1.25 bits per heavy atom. The van der Waals surface area contributed by atoms with Crippen molar-refractivity contribution in [2.24, 2.45) is 17.8 Å². The van der Waals surface area contributed by atoms with Gasteiger partial charge in [-0.15, -0.1) is 0 Å². The number of nitrogens with zero attached hydrogens (tertiary/aromatic N) is 1. The highest BCUT2D eigenvalue weighted by atomic mass is 32.2. The molecule has 0 spiro atoms. The van der Waals surface area contributed by atoms with E-state index in [0.29, 0.717) is 18.4 Å². The van der Waals surface area contributed by atoms with Gasteiger partial charge < -0.3 is 5.32 Å². The van der Waals surface area contributed by atoms with E-state index in [0.717, 1.165) is 24.9 Å². The van der Waals surface area contributed by atoms with E-state index in [9.17, 15) is 8.42 Å². The molecule has 118 valence electrons. The van der Waals surface area contributed by atoms with Crippen LogP contribution < -0.4 is 5.32 Å². The molecule has 20 heavy (non-hydrogen) atoms. The molecular weight excluding hydrogens is 272 g/mol. The Morgan fingerprint density at radius 3 is 2.55 bits per heavy atom. The van der Waals surface area contributed by atoms with Crippen molar-refractivity contribution in [1.29, 1.82) is 0 Å². The topological polar surface area (TPSA) is 49.4 Å². The molecule has 1 N–H and O–H groups in total. The van der Waals surface area contributed by atoms with Gasteiger partial charge in [-0.05, 0) is 50.0 Å². The van der Waals surface area contributed by atoms with Gasteiger partial charge in [-0.2, -0.15) is 0 Å². The highest BCUT2D eigenvalue weighted by Crippen LogP contribution is 2.48. The van der Waals surface area contributed by atoms with E-state index in [4.69, 9.17) is 0 Å². The summed E-state index contributed by atoms with van der Waals surface area (Å²) in [5.41, 5.74) is 0. The van der Waals surface area contributed by atoms with E-state index in [-0.39, 0.29) is 5.75 Å². The molecule has 2 fully saturated rings. The largest absolute Gasteiger partial charge is 0.314 e. The highest BCUT2D eigenvalue weighted by molar-refractivity contribution is 7.89. The second-order valence-electron chi connectivity index (χ2n) is 6.99. The molecule has 2 aliphatic rings. The van der Waals surface area contributed by atoms with Gasteiger partial charge in [-0.3, -0.25) is 0 Å². The molecule has 2 aliphatic carbocycles. The van der Waals surface area contributed by atoms with Gasteiger partial charge in [0.2, 0.25) is 10.0 Å². The van der Waals surface area contributed by atoms with Crippen LogP contribution in [0, 0.1) is 17.8 Å². The molecule has 0 radical (unpaired) electrons. The van der Waals surface area contributed by atoms with Gasteiger partial charge in [-0.25, -0.2) is 12.7 Å². The van der Waals surface area contributed by atoms with Crippen molar-refractivity contribution in [3.63, 3.8) is 0 Å². The number of hydrogen-bond acceptors (Lipinski definition) is 3.